The maximum atomic E-state index is 8.56. The highest BCUT2D eigenvalue weighted by molar-refractivity contribution is 6.25. The smallest absolute Gasteiger partial charge is 0.173 e. The Hall–Kier alpha value is -2.72. The van der Waals surface area contributed by atoms with Gasteiger partial charge in [0.05, 0.1) is 11.4 Å². The number of benzene rings is 1. The van der Waals surface area contributed by atoms with Crippen LogP contribution in [0, 0.1) is 22.9 Å². The molecule has 0 N–H and O–H groups in total. The van der Waals surface area contributed by atoms with Gasteiger partial charge in [-0.05, 0) is 12.2 Å². The molecule has 1 aliphatic carbocycles. The van der Waals surface area contributed by atoms with Crippen LogP contribution in [-0.4, -0.2) is 11.4 Å². The van der Waals surface area contributed by atoms with Crippen LogP contribution in [0.5, 0.6) is 0 Å². The highest BCUT2D eigenvalue weighted by Gasteiger charge is 2.15. The molecule has 0 spiro atoms. The number of fused-ring (bicyclic) bond motifs is 1. The van der Waals surface area contributed by atoms with Gasteiger partial charge in [-0.15, -0.1) is 0 Å². The van der Waals surface area contributed by atoms with Gasteiger partial charge in [0.15, 0.2) is 0 Å². The summed E-state index contributed by atoms with van der Waals surface area (Å²) in [5, 5.41) is 17.1. The van der Waals surface area contributed by atoms with E-state index in [1.807, 2.05) is 24.3 Å². The molecule has 0 saturated heterocycles. The van der Waals surface area contributed by atoms with Gasteiger partial charge in [0.1, 0.15) is 0 Å². The number of rotatable bonds is 0. The number of hydrogen-bond acceptors (Lipinski definition) is 4. The van der Waals surface area contributed by atoms with E-state index in [9.17, 15) is 0 Å². The Labute approximate surface area is 92.5 Å². The molecule has 4 nitrogen and oxygen atoms in total. The molecule has 0 bridgehead atoms. The Morgan fingerprint density at radius 3 is 1.62 bits per heavy atom. The van der Waals surface area contributed by atoms with Gasteiger partial charge in [0.2, 0.25) is 12.4 Å². The molecular formula is C12H6N4. The largest absolute Gasteiger partial charge is 0.206 e. The van der Waals surface area contributed by atoms with E-state index in [1.165, 1.54) is 0 Å². The van der Waals surface area contributed by atoms with Crippen molar-refractivity contribution in [3.8, 4) is 12.4 Å². The second kappa shape index (κ2) is 4.20. The number of allylic oxidation sites excluding steroid dienone is 2. The van der Waals surface area contributed by atoms with E-state index in [4.69, 9.17) is 10.5 Å². The molecule has 0 heterocycles. The fourth-order valence-electron chi connectivity index (χ4n) is 1.57. The molecule has 0 unspecified atom stereocenters. The van der Waals surface area contributed by atoms with Gasteiger partial charge >= 0.3 is 0 Å². The third kappa shape index (κ3) is 1.60. The van der Waals surface area contributed by atoms with Crippen LogP contribution in [0.15, 0.2) is 46.4 Å². The van der Waals surface area contributed by atoms with Gasteiger partial charge in [0, 0.05) is 11.1 Å². The summed E-state index contributed by atoms with van der Waals surface area (Å²) in [7, 11) is 0. The normalized spacial score (nSPS) is 17.9. The summed E-state index contributed by atoms with van der Waals surface area (Å²) >= 11 is 0. The molecule has 16 heavy (non-hydrogen) atoms. The number of aliphatic imine (C=N–C) groups is 2. The summed E-state index contributed by atoms with van der Waals surface area (Å²) in [6.07, 6.45) is 6.88. The van der Waals surface area contributed by atoms with Crippen molar-refractivity contribution >= 4 is 11.4 Å². The monoisotopic (exact) mass is 206 g/mol. The maximum Gasteiger partial charge on any atom is 0.206 e. The van der Waals surface area contributed by atoms with E-state index >= 15 is 0 Å². The number of hydrogen-bond donors (Lipinski definition) is 0. The predicted molar refractivity (Wildman–Crippen MR) is 59.9 cm³/mol. The Balaban J connectivity index is 2.66. The van der Waals surface area contributed by atoms with Crippen LogP contribution in [0.3, 0.4) is 0 Å². The molecule has 0 aliphatic heterocycles. The average Bonchev–Trinajstić information content (AvgIpc) is 2.33. The Kier molecular flexibility index (Phi) is 2.58. The summed E-state index contributed by atoms with van der Waals surface area (Å²) in [5.74, 6) is 0. The number of nitriles is 2. The highest BCUT2D eigenvalue weighted by Crippen LogP contribution is 2.17. The second-order valence-electron chi connectivity index (χ2n) is 3.07. The van der Waals surface area contributed by atoms with Crippen molar-refractivity contribution in [3.63, 3.8) is 0 Å². The summed E-state index contributed by atoms with van der Waals surface area (Å²) in [6.45, 7) is 0. The Morgan fingerprint density at radius 1 is 0.812 bits per heavy atom. The van der Waals surface area contributed by atoms with E-state index in [2.05, 4.69) is 9.98 Å². The first kappa shape index (κ1) is 9.82. The van der Waals surface area contributed by atoms with Gasteiger partial charge in [0.25, 0.3) is 0 Å². The first-order valence-corrected chi connectivity index (χ1v) is 4.58. The standard InChI is InChI=1S/C12H6N4/c13-7-15-11-5-6-12(16-8-14)10-4-2-1-3-9(10)11/h1-6H. The molecule has 1 aromatic carbocycles. The Bertz CT molecular complexity index is 541. The molecule has 0 saturated carbocycles. The van der Waals surface area contributed by atoms with E-state index in [0.717, 1.165) is 11.1 Å². The summed E-state index contributed by atoms with van der Waals surface area (Å²) < 4.78 is 0. The van der Waals surface area contributed by atoms with Crippen molar-refractivity contribution in [2.24, 2.45) is 9.98 Å². The van der Waals surface area contributed by atoms with Crippen LogP contribution in [-0.2, 0) is 0 Å². The Morgan fingerprint density at radius 2 is 1.25 bits per heavy atom. The van der Waals surface area contributed by atoms with Crippen LogP contribution in [0.4, 0.5) is 0 Å². The lowest BCUT2D eigenvalue weighted by Gasteiger charge is -2.12. The fourth-order valence-corrected chi connectivity index (χ4v) is 1.57. The van der Waals surface area contributed by atoms with E-state index in [-0.39, 0.29) is 0 Å². The van der Waals surface area contributed by atoms with Crippen molar-refractivity contribution in [2.75, 3.05) is 0 Å². The van der Waals surface area contributed by atoms with Crippen molar-refractivity contribution in [1.29, 1.82) is 10.5 Å². The third-order valence-electron chi connectivity index (χ3n) is 2.22. The van der Waals surface area contributed by atoms with E-state index < -0.39 is 0 Å². The molecule has 0 fully saturated rings. The molecular weight excluding hydrogens is 200 g/mol. The molecule has 74 valence electrons. The minimum Gasteiger partial charge on any atom is -0.173 e. The predicted octanol–water partition coefficient (Wildman–Crippen LogP) is 1.80. The first-order chi connectivity index (χ1) is 7.86. The van der Waals surface area contributed by atoms with Crippen LogP contribution < -0.4 is 0 Å². The van der Waals surface area contributed by atoms with Gasteiger partial charge < -0.3 is 0 Å². The summed E-state index contributed by atoms with van der Waals surface area (Å²) in [6, 6.07) is 7.41. The molecule has 0 aromatic heterocycles. The SMILES string of the molecule is N#CN=C1C=CC(=NC#N)c2ccccc21. The van der Waals surface area contributed by atoms with Gasteiger partial charge in [-0.3, -0.25) is 0 Å². The molecule has 0 atom stereocenters. The van der Waals surface area contributed by atoms with Crippen molar-refractivity contribution < 1.29 is 0 Å². The molecule has 1 aromatic rings. The zero-order valence-corrected chi connectivity index (χ0v) is 8.25. The van der Waals surface area contributed by atoms with Crippen molar-refractivity contribution in [3.05, 3.63) is 47.5 Å². The minimum atomic E-state index is 0.593. The fraction of sp³-hybridized carbons (Fsp3) is 0. The van der Waals surface area contributed by atoms with E-state index in [1.54, 1.807) is 24.5 Å². The van der Waals surface area contributed by atoms with Gasteiger partial charge in [-0.2, -0.15) is 20.5 Å². The van der Waals surface area contributed by atoms with E-state index in [0.29, 0.717) is 11.4 Å². The molecule has 2 rings (SSSR count). The summed E-state index contributed by atoms with van der Waals surface area (Å²) in [5.41, 5.74) is 2.83. The zero-order valence-electron chi connectivity index (χ0n) is 8.25. The van der Waals surface area contributed by atoms with Gasteiger partial charge in [-0.1, -0.05) is 24.3 Å². The van der Waals surface area contributed by atoms with Crippen LogP contribution >= 0.6 is 0 Å². The maximum absolute atomic E-state index is 8.56. The second-order valence-corrected chi connectivity index (χ2v) is 3.07. The van der Waals surface area contributed by atoms with Gasteiger partial charge in [-0.25, -0.2) is 0 Å². The highest BCUT2D eigenvalue weighted by atomic mass is 14.8. The molecule has 0 radical (unpaired) electrons. The lowest BCUT2D eigenvalue weighted by Crippen LogP contribution is -2.12. The van der Waals surface area contributed by atoms with Crippen molar-refractivity contribution in [1.82, 2.24) is 0 Å². The molecule has 4 heteroatoms. The quantitative estimate of drug-likeness (QED) is 0.607. The lowest BCUT2D eigenvalue weighted by molar-refractivity contribution is 1.41. The summed E-state index contributed by atoms with van der Waals surface area (Å²) in [4.78, 5) is 7.43. The lowest BCUT2D eigenvalue weighted by atomic mass is 9.94. The molecule has 1 aliphatic rings. The average molecular weight is 206 g/mol. The van der Waals surface area contributed by atoms with Crippen molar-refractivity contribution in [2.45, 2.75) is 0 Å². The third-order valence-corrected chi connectivity index (χ3v) is 2.22. The zero-order chi connectivity index (χ0) is 11.4. The minimum absolute atomic E-state index is 0.593. The molecule has 0 amide bonds. The van der Waals surface area contributed by atoms with Crippen LogP contribution in [0.2, 0.25) is 0 Å². The topological polar surface area (TPSA) is 72.3 Å². The number of nitrogens with zero attached hydrogens (tertiary/aromatic N) is 4. The van der Waals surface area contributed by atoms with Crippen LogP contribution in [0.1, 0.15) is 11.1 Å². The first-order valence-electron chi connectivity index (χ1n) is 4.58. The van der Waals surface area contributed by atoms with Crippen LogP contribution in [0.25, 0.3) is 0 Å².